The van der Waals surface area contributed by atoms with E-state index in [1.807, 2.05) is 0 Å². The van der Waals surface area contributed by atoms with Gasteiger partial charge in [0.25, 0.3) is 5.84 Å². The Balaban J connectivity index is 3.46. The summed E-state index contributed by atoms with van der Waals surface area (Å²) in [6.45, 7) is 0. The SMILES string of the molecule is N=C/C=C\C(N)=[NH2+]. The normalized spacial score (nSPS) is 9.14. The summed E-state index contributed by atoms with van der Waals surface area (Å²) in [6.07, 6.45) is 4.02. The van der Waals surface area contributed by atoms with Crippen LogP contribution in [-0.2, 0) is 0 Å². The fraction of sp³-hybridized carbons (Fsp3) is 0. The maximum Gasteiger partial charge on any atom is 0.263 e. The van der Waals surface area contributed by atoms with Crippen LogP contribution in [0.2, 0.25) is 0 Å². The van der Waals surface area contributed by atoms with Gasteiger partial charge in [-0.3, -0.25) is 11.1 Å². The Kier molecular flexibility index (Phi) is 2.59. The van der Waals surface area contributed by atoms with Gasteiger partial charge in [-0.25, -0.2) is 0 Å². The van der Waals surface area contributed by atoms with Crippen LogP contribution in [0.3, 0.4) is 0 Å². The Hall–Kier alpha value is -1.12. The molecule has 7 heavy (non-hydrogen) atoms. The zero-order chi connectivity index (χ0) is 5.70. The van der Waals surface area contributed by atoms with Gasteiger partial charge in [-0.15, -0.1) is 0 Å². The van der Waals surface area contributed by atoms with E-state index in [1.165, 1.54) is 12.2 Å². The van der Waals surface area contributed by atoms with Crippen LogP contribution in [0.5, 0.6) is 0 Å². The summed E-state index contributed by atoms with van der Waals surface area (Å²) >= 11 is 0. The summed E-state index contributed by atoms with van der Waals surface area (Å²) in [5.74, 6) is 0.225. The maximum atomic E-state index is 6.46. The predicted molar refractivity (Wildman–Crippen MR) is 29.0 cm³/mol. The van der Waals surface area contributed by atoms with Crippen molar-refractivity contribution in [1.82, 2.24) is 0 Å². The third kappa shape index (κ3) is 4.88. The van der Waals surface area contributed by atoms with Gasteiger partial charge in [-0.2, -0.15) is 0 Å². The molecule has 0 aromatic rings. The van der Waals surface area contributed by atoms with Gasteiger partial charge in [0.15, 0.2) is 0 Å². The van der Waals surface area contributed by atoms with Crippen molar-refractivity contribution in [3.63, 3.8) is 0 Å². The molecule has 0 bridgehead atoms. The van der Waals surface area contributed by atoms with Gasteiger partial charge in [0.1, 0.15) is 0 Å². The highest BCUT2D eigenvalue weighted by Gasteiger charge is 1.77. The van der Waals surface area contributed by atoms with Gasteiger partial charge in [0, 0.05) is 12.3 Å². The first-order valence-electron chi connectivity index (χ1n) is 1.82. The maximum absolute atomic E-state index is 6.46. The molecule has 0 aliphatic carbocycles. The lowest BCUT2D eigenvalue weighted by molar-refractivity contribution is -0.113. The summed E-state index contributed by atoms with van der Waals surface area (Å²) in [5.41, 5.74) is 4.98. The van der Waals surface area contributed by atoms with Crippen LogP contribution in [0, 0.1) is 5.41 Å². The fourth-order valence-corrected chi connectivity index (χ4v) is 0.159. The van der Waals surface area contributed by atoms with Crippen LogP contribution in [0.25, 0.3) is 0 Å². The minimum Gasteiger partial charge on any atom is -0.309 e. The Morgan fingerprint density at radius 3 is 2.43 bits per heavy atom. The summed E-state index contributed by atoms with van der Waals surface area (Å²) in [7, 11) is 0. The van der Waals surface area contributed by atoms with Gasteiger partial charge in [0.05, 0.1) is 0 Å². The van der Waals surface area contributed by atoms with Crippen molar-refractivity contribution in [3.05, 3.63) is 12.2 Å². The number of nitrogens with one attached hydrogen (secondary N) is 1. The van der Waals surface area contributed by atoms with Gasteiger partial charge >= 0.3 is 0 Å². The van der Waals surface area contributed by atoms with Crippen molar-refractivity contribution in [2.75, 3.05) is 0 Å². The number of hydrogen-bond acceptors (Lipinski definition) is 1. The largest absolute Gasteiger partial charge is 0.309 e. The summed E-state index contributed by atoms with van der Waals surface area (Å²) in [6, 6.07) is 0. The number of nitrogens with two attached hydrogens (primary N) is 2. The molecule has 5 N–H and O–H groups in total. The quantitative estimate of drug-likeness (QED) is 0.280. The standard InChI is InChI=1S/C4H7N3/c5-3-1-2-4(6)7/h1-3,5H,(H3,6,7)/p+1/b2-1-,5-3?. The topological polar surface area (TPSA) is 75.5 Å². The van der Waals surface area contributed by atoms with E-state index in [-0.39, 0.29) is 5.84 Å². The highest BCUT2D eigenvalue weighted by Crippen LogP contribution is 1.57. The molecule has 0 aliphatic rings. The number of rotatable bonds is 2. The zero-order valence-corrected chi connectivity index (χ0v) is 3.89. The Bertz CT molecular complexity index is 104. The van der Waals surface area contributed by atoms with Crippen LogP contribution in [0.4, 0.5) is 0 Å². The molecule has 0 aliphatic heterocycles. The highest BCUT2D eigenvalue weighted by molar-refractivity contribution is 5.89. The molecule has 0 amide bonds. The molecule has 0 spiro atoms. The lowest BCUT2D eigenvalue weighted by atomic mass is 10.5. The molecular formula is C4H8N3+. The molecule has 3 nitrogen and oxygen atoms in total. The molecule has 0 fully saturated rings. The molecular weight excluding hydrogens is 90.1 g/mol. The monoisotopic (exact) mass is 98.1 g/mol. The second-order valence-electron chi connectivity index (χ2n) is 1.03. The van der Waals surface area contributed by atoms with Crippen molar-refractivity contribution < 1.29 is 5.41 Å². The molecule has 0 rings (SSSR count). The van der Waals surface area contributed by atoms with E-state index in [9.17, 15) is 0 Å². The molecule has 0 aromatic heterocycles. The highest BCUT2D eigenvalue weighted by atomic mass is 14.7. The molecule has 0 saturated heterocycles. The fourth-order valence-electron chi connectivity index (χ4n) is 0.159. The van der Waals surface area contributed by atoms with Crippen molar-refractivity contribution in [1.29, 1.82) is 5.41 Å². The minimum absolute atomic E-state index is 0.225. The number of hydrogen-bond donors (Lipinski definition) is 3. The van der Waals surface area contributed by atoms with E-state index in [4.69, 9.17) is 16.6 Å². The Labute approximate surface area is 41.9 Å². The van der Waals surface area contributed by atoms with Gasteiger partial charge in [0.2, 0.25) is 0 Å². The first kappa shape index (κ1) is 5.88. The van der Waals surface area contributed by atoms with Crippen LogP contribution in [0.15, 0.2) is 12.2 Å². The second-order valence-corrected chi connectivity index (χ2v) is 1.03. The van der Waals surface area contributed by atoms with E-state index >= 15 is 0 Å². The first-order chi connectivity index (χ1) is 3.27. The van der Waals surface area contributed by atoms with E-state index in [1.54, 1.807) is 0 Å². The number of allylic oxidation sites excluding steroid dienone is 1. The molecule has 0 atom stereocenters. The van der Waals surface area contributed by atoms with Crippen molar-refractivity contribution in [2.45, 2.75) is 0 Å². The molecule has 38 valence electrons. The van der Waals surface area contributed by atoms with Crippen molar-refractivity contribution in [2.24, 2.45) is 5.73 Å². The van der Waals surface area contributed by atoms with E-state index in [0.717, 1.165) is 6.21 Å². The van der Waals surface area contributed by atoms with Crippen molar-refractivity contribution in [3.8, 4) is 0 Å². The predicted octanol–water partition coefficient (Wildman–Crippen LogP) is -1.69. The molecule has 0 heterocycles. The average Bonchev–Trinajstić information content (AvgIpc) is 1.61. The zero-order valence-electron chi connectivity index (χ0n) is 3.89. The lowest BCUT2D eigenvalue weighted by Crippen LogP contribution is -2.44. The second kappa shape index (κ2) is 3.08. The van der Waals surface area contributed by atoms with E-state index < -0.39 is 0 Å². The smallest absolute Gasteiger partial charge is 0.263 e. The molecule has 0 saturated carbocycles. The molecule has 0 radical (unpaired) electrons. The Morgan fingerprint density at radius 1 is 1.71 bits per heavy atom. The third-order valence-electron chi connectivity index (χ3n) is 0.385. The van der Waals surface area contributed by atoms with Gasteiger partial charge < -0.3 is 5.41 Å². The van der Waals surface area contributed by atoms with Crippen molar-refractivity contribution >= 4 is 12.1 Å². The van der Waals surface area contributed by atoms with Crippen LogP contribution >= 0.6 is 0 Å². The van der Waals surface area contributed by atoms with Crippen LogP contribution in [0.1, 0.15) is 0 Å². The van der Waals surface area contributed by atoms with Crippen LogP contribution in [-0.4, -0.2) is 12.1 Å². The Morgan fingerprint density at radius 2 is 2.29 bits per heavy atom. The summed E-state index contributed by atoms with van der Waals surface area (Å²) in [4.78, 5) is 0. The molecule has 0 aromatic carbocycles. The summed E-state index contributed by atoms with van der Waals surface area (Å²) < 4.78 is 0. The van der Waals surface area contributed by atoms with E-state index in [2.05, 4.69) is 0 Å². The first-order valence-corrected chi connectivity index (χ1v) is 1.82. The van der Waals surface area contributed by atoms with Gasteiger partial charge in [-0.05, 0) is 6.08 Å². The van der Waals surface area contributed by atoms with E-state index in [0.29, 0.717) is 0 Å². The summed E-state index contributed by atoms with van der Waals surface area (Å²) in [5, 5.41) is 11.4. The molecule has 3 heteroatoms. The third-order valence-corrected chi connectivity index (χ3v) is 0.385. The molecule has 0 unspecified atom stereocenters. The van der Waals surface area contributed by atoms with Crippen LogP contribution < -0.4 is 11.1 Å². The number of amidine groups is 1. The minimum atomic E-state index is 0.225. The average molecular weight is 98.1 g/mol. The van der Waals surface area contributed by atoms with Gasteiger partial charge in [-0.1, -0.05) is 0 Å². The lowest BCUT2D eigenvalue weighted by Gasteiger charge is -1.68.